The maximum absolute atomic E-state index is 12.1. The fraction of sp³-hybridized carbons (Fsp3) is 0.353. The van der Waals surface area contributed by atoms with Crippen LogP contribution in [0.2, 0.25) is 0 Å². The van der Waals surface area contributed by atoms with E-state index in [0.717, 1.165) is 24.9 Å². The van der Waals surface area contributed by atoms with Crippen LogP contribution < -0.4 is 11.1 Å². The number of benzene rings is 1. The van der Waals surface area contributed by atoms with Crippen molar-refractivity contribution in [2.75, 3.05) is 5.32 Å². The van der Waals surface area contributed by atoms with Crippen LogP contribution in [0.1, 0.15) is 35.6 Å². The highest BCUT2D eigenvalue weighted by molar-refractivity contribution is 5.90. The second-order valence-electron chi connectivity index (χ2n) is 5.82. The first-order valence-corrected chi connectivity index (χ1v) is 7.42. The van der Waals surface area contributed by atoms with E-state index in [1.807, 2.05) is 42.0 Å². The highest BCUT2D eigenvalue weighted by atomic mass is 16.1. The van der Waals surface area contributed by atoms with E-state index in [2.05, 4.69) is 11.5 Å². The quantitative estimate of drug-likeness (QED) is 0.910. The van der Waals surface area contributed by atoms with E-state index < -0.39 is 0 Å². The van der Waals surface area contributed by atoms with Gasteiger partial charge in [-0.1, -0.05) is 17.7 Å². The zero-order valence-electron chi connectivity index (χ0n) is 12.3. The van der Waals surface area contributed by atoms with Crippen LogP contribution in [0.4, 0.5) is 5.69 Å². The zero-order chi connectivity index (χ0) is 14.8. The first kappa shape index (κ1) is 13.9. The van der Waals surface area contributed by atoms with E-state index in [9.17, 15) is 4.79 Å². The van der Waals surface area contributed by atoms with Gasteiger partial charge < -0.3 is 15.6 Å². The third-order valence-electron chi connectivity index (χ3n) is 4.02. The maximum atomic E-state index is 12.1. The lowest BCUT2D eigenvalue weighted by Crippen LogP contribution is -2.18. The van der Waals surface area contributed by atoms with Crippen molar-refractivity contribution in [1.82, 2.24) is 4.57 Å². The number of aryl methyl sites for hydroxylation is 2. The number of fused-ring (bicyclic) bond motifs is 1. The molecule has 4 nitrogen and oxygen atoms in total. The Morgan fingerprint density at radius 3 is 2.81 bits per heavy atom. The predicted octanol–water partition coefficient (Wildman–Crippen LogP) is 2.77. The Labute approximate surface area is 125 Å². The zero-order valence-corrected chi connectivity index (χ0v) is 12.3. The molecule has 0 fully saturated rings. The molecule has 1 heterocycles. The summed E-state index contributed by atoms with van der Waals surface area (Å²) in [4.78, 5) is 12.1. The molecule has 0 radical (unpaired) electrons. The molecule has 1 aliphatic rings. The van der Waals surface area contributed by atoms with E-state index >= 15 is 0 Å². The lowest BCUT2D eigenvalue weighted by Gasteiger charge is -2.17. The molecular weight excluding hydrogens is 262 g/mol. The molecule has 0 bridgehead atoms. The molecule has 1 unspecified atom stereocenters. The van der Waals surface area contributed by atoms with Crippen LogP contribution in [0.15, 0.2) is 36.7 Å². The van der Waals surface area contributed by atoms with Gasteiger partial charge in [0.2, 0.25) is 5.91 Å². The molecule has 1 atom stereocenters. The van der Waals surface area contributed by atoms with Crippen LogP contribution in [0.25, 0.3) is 0 Å². The lowest BCUT2D eigenvalue weighted by atomic mass is 9.92. The molecule has 0 spiro atoms. The van der Waals surface area contributed by atoms with Crippen LogP contribution in [0, 0.1) is 6.92 Å². The Kier molecular flexibility index (Phi) is 3.80. The Morgan fingerprint density at radius 1 is 1.33 bits per heavy atom. The topological polar surface area (TPSA) is 60.0 Å². The summed E-state index contributed by atoms with van der Waals surface area (Å²) >= 11 is 0. The van der Waals surface area contributed by atoms with Crippen molar-refractivity contribution >= 4 is 11.6 Å². The third kappa shape index (κ3) is 3.16. The van der Waals surface area contributed by atoms with Crippen molar-refractivity contribution < 1.29 is 4.79 Å². The van der Waals surface area contributed by atoms with Gasteiger partial charge in [-0.2, -0.15) is 0 Å². The molecule has 1 aliphatic carbocycles. The number of carbonyl (C=O) groups is 1. The van der Waals surface area contributed by atoms with Crippen LogP contribution in [-0.2, 0) is 17.8 Å². The van der Waals surface area contributed by atoms with Gasteiger partial charge in [-0.05, 0) is 49.4 Å². The Morgan fingerprint density at radius 2 is 2.10 bits per heavy atom. The maximum Gasteiger partial charge on any atom is 0.244 e. The molecule has 0 saturated heterocycles. The summed E-state index contributed by atoms with van der Waals surface area (Å²) in [6.07, 6.45) is 7.31. The number of nitrogens with zero attached hydrogens (tertiary/aromatic N) is 1. The number of amides is 1. The van der Waals surface area contributed by atoms with Crippen molar-refractivity contribution in [3.8, 4) is 0 Å². The van der Waals surface area contributed by atoms with Gasteiger partial charge in [-0.25, -0.2) is 0 Å². The van der Waals surface area contributed by atoms with Crippen LogP contribution >= 0.6 is 0 Å². The minimum Gasteiger partial charge on any atom is -0.344 e. The Hall–Kier alpha value is -2.07. The first-order chi connectivity index (χ1) is 10.1. The molecule has 2 aromatic rings. The largest absolute Gasteiger partial charge is 0.344 e. The molecule has 1 aromatic carbocycles. The van der Waals surface area contributed by atoms with Crippen molar-refractivity contribution in [1.29, 1.82) is 0 Å². The number of hydrogen-bond acceptors (Lipinski definition) is 2. The van der Waals surface area contributed by atoms with Gasteiger partial charge in [0.05, 0.1) is 0 Å². The number of carbonyl (C=O) groups excluding carboxylic acids is 1. The average Bonchev–Trinajstić information content (AvgIpc) is 2.85. The van der Waals surface area contributed by atoms with E-state index in [4.69, 9.17) is 5.73 Å². The predicted molar refractivity (Wildman–Crippen MR) is 84.1 cm³/mol. The molecule has 110 valence electrons. The standard InChI is InChI=1S/C17H21N3O/c1-12-5-7-14(8-6-12)19-17(21)11-20-9-13-3-2-4-16(18)15(13)10-20/h5-10,16H,2-4,11,18H2,1H3,(H,19,21). The smallest absolute Gasteiger partial charge is 0.244 e. The first-order valence-electron chi connectivity index (χ1n) is 7.42. The van der Waals surface area contributed by atoms with E-state index in [1.54, 1.807) is 0 Å². The number of nitrogens with two attached hydrogens (primary N) is 1. The fourth-order valence-electron chi connectivity index (χ4n) is 2.88. The highest BCUT2D eigenvalue weighted by Gasteiger charge is 2.19. The van der Waals surface area contributed by atoms with Crippen LogP contribution in [-0.4, -0.2) is 10.5 Å². The molecule has 21 heavy (non-hydrogen) atoms. The molecule has 1 aromatic heterocycles. The van der Waals surface area contributed by atoms with Gasteiger partial charge >= 0.3 is 0 Å². The number of rotatable bonds is 3. The minimum atomic E-state index is -0.0141. The molecule has 1 amide bonds. The normalized spacial score (nSPS) is 17.3. The molecule has 0 aliphatic heterocycles. The van der Waals surface area contributed by atoms with Crippen LogP contribution in [0.3, 0.4) is 0 Å². The summed E-state index contributed by atoms with van der Waals surface area (Å²) in [5, 5.41) is 2.92. The minimum absolute atomic E-state index is 0.0141. The Bertz CT molecular complexity index is 643. The van der Waals surface area contributed by atoms with E-state index in [1.165, 1.54) is 16.7 Å². The van der Waals surface area contributed by atoms with E-state index in [0.29, 0.717) is 6.54 Å². The van der Waals surface area contributed by atoms with Crippen molar-refractivity contribution in [3.05, 3.63) is 53.3 Å². The SMILES string of the molecule is Cc1ccc(NC(=O)Cn2cc3c(c2)C(N)CCC3)cc1. The van der Waals surface area contributed by atoms with Gasteiger partial charge in [0.1, 0.15) is 6.54 Å². The molecule has 4 heteroatoms. The van der Waals surface area contributed by atoms with Gasteiger partial charge in [0.25, 0.3) is 0 Å². The second-order valence-corrected chi connectivity index (χ2v) is 5.82. The highest BCUT2D eigenvalue weighted by Crippen LogP contribution is 2.28. The van der Waals surface area contributed by atoms with Gasteiger partial charge in [0.15, 0.2) is 0 Å². The van der Waals surface area contributed by atoms with Gasteiger partial charge in [-0.15, -0.1) is 0 Å². The Balaban J connectivity index is 1.66. The second kappa shape index (κ2) is 5.74. The summed E-state index contributed by atoms with van der Waals surface area (Å²) in [7, 11) is 0. The number of anilines is 1. The van der Waals surface area contributed by atoms with Gasteiger partial charge in [0, 0.05) is 24.1 Å². The molecule has 3 rings (SSSR count). The third-order valence-corrected chi connectivity index (χ3v) is 4.02. The summed E-state index contributed by atoms with van der Waals surface area (Å²) in [6.45, 7) is 2.35. The van der Waals surface area contributed by atoms with Crippen molar-refractivity contribution in [3.63, 3.8) is 0 Å². The van der Waals surface area contributed by atoms with E-state index in [-0.39, 0.29) is 11.9 Å². The molecular formula is C17H21N3O. The fourth-order valence-corrected chi connectivity index (χ4v) is 2.88. The van der Waals surface area contributed by atoms with Crippen molar-refractivity contribution in [2.45, 2.75) is 38.8 Å². The monoisotopic (exact) mass is 283 g/mol. The van der Waals surface area contributed by atoms with Crippen molar-refractivity contribution in [2.24, 2.45) is 5.73 Å². The number of nitrogens with one attached hydrogen (secondary N) is 1. The molecule has 0 saturated carbocycles. The van der Waals surface area contributed by atoms with Gasteiger partial charge in [-0.3, -0.25) is 4.79 Å². The summed E-state index contributed by atoms with van der Waals surface area (Å²) in [5.41, 5.74) is 10.6. The van der Waals surface area contributed by atoms with Crippen LogP contribution in [0.5, 0.6) is 0 Å². The number of hydrogen-bond donors (Lipinski definition) is 2. The summed E-state index contributed by atoms with van der Waals surface area (Å²) in [5.74, 6) is -0.0141. The summed E-state index contributed by atoms with van der Waals surface area (Å²) in [6, 6.07) is 7.94. The summed E-state index contributed by atoms with van der Waals surface area (Å²) < 4.78 is 1.94. The average molecular weight is 283 g/mol. The lowest BCUT2D eigenvalue weighted by molar-refractivity contribution is -0.116. The molecule has 3 N–H and O–H groups in total. The number of aromatic nitrogens is 1.